The molecule has 1 aromatic heterocycles. The average molecular weight is 238 g/mol. The molecule has 1 aliphatic heterocycles. The van der Waals surface area contributed by atoms with Crippen LogP contribution in [0.1, 0.15) is 38.4 Å². The van der Waals surface area contributed by atoms with E-state index in [0.29, 0.717) is 0 Å². The van der Waals surface area contributed by atoms with Gasteiger partial charge in [0.05, 0.1) is 6.04 Å². The average Bonchev–Trinajstić information content (AvgIpc) is 2.87. The Labute approximate surface area is 100 Å². The van der Waals surface area contributed by atoms with Crippen molar-refractivity contribution in [1.82, 2.24) is 10.2 Å². The minimum Gasteiger partial charge on any atom is -0.322 e. The Hall–Kier alpha value is -0.870. The van der Waals surface area contributed by atoms with Gasteiger partial charge in [0.1, 0.15) is 6.17 Å². The Morgan fingerprint density at radius 1 is 1.56 bits per heavy atom. The standard InChI is InChI=1S/C12H18N2OS/c1-3-4-6-14-11(10-5-7-16-8-10)13-9(2)12(14)15/h5,7-9,11,13H,3-4,6H2,1-2H3. The number of rotatable bonds is 4. The molecule has 0 bridgehead atoms. The monoisotopic (exact) mass is 238 g/mol. The van der Waals surface area contributed by atoms with Gasteiger partial charge in [-0.05, 0) is 35.7 Å². The molecule has 0 aliphatic carbocycles. The molecule has 4 heteroatoms. The number of hydrogen-bond acceptors (Lipinski definition) is 3. The summed E-state index contributed by atoms with van der Waals surface area (Å²) in [6.45, 7) is 4.94. The summed E-state index contributed by atoms with van der Waals surface area (Å²) in [6, 6.07) is 2.04. The molecule has 0 aromatic carbocycles. The second kappa shape index (κ2) is 4.97. The molecule has 1 saturated heterocycles. The van der Waals surface area contributed by atoms with Crippen molar-refractivity contribution in [2.24, 2.45) is 0 Å². The third-order valence-corrected chi connectivity index (χ3v) is 3.69. The zero-order chi connectivity index (χ0) is 11.5. The van der Waals surface area contributed by atoms with Crippen LogP contribution in [0.25, 0.3) is 0 Å². The Balaban J connectivity index is 2.13. The normalized spacial score (nSPS) is 25.4. The highest BCUT2D eigenvalue weighted by molar-refractivity contribution is 7.07. The van der Waals surface area contributed by atoms with Crippen LogP contribution in [-0.4, -0.2) is 23.4 Å². The van der Waals surface area contributed by atoms with E-state index < -0.39 is 0 Å². The van der Waals surface area contributed by atoms with Gasteiger partial charge in [0.25, 0.3) is 0 Å². The summed E-state index contributed by atoms with van der Waals surface area (Å²) in [7, 11) is 0. The van der Waals surface area contributed by atoms with Crippen LogP contribution in [0.15, 0.2) is 16.8 Å². The summed E-state index contributed by atoms with van der Waals surface area (Å²) >= 11 is 1.68. The van der Waals surface area contributed by atoms with Gasteiger partial charge < -0.3 is 4.90 Å². The SMILES string of the molecule is CCCCN1C(=O)C(C)NC1c1ccsc1. The first-order valence-corrected chi connectivity index (χ1v) is 6.77. The van der Waals surface area contributed by atoms with Gasteiger partial charge in [-0.25, -0.2) is 0 Å². The van der Waals surface area contributed by atoms with E-state index >= 15 is 0 Å². The second-order valence-electron chi connectivity index (χ2n) is 4.23. The highest BCUT2D eigenvalue weighted by Crippen LogP contribution is 2.26. The number of unbranched alkanes of at least 4 members (excludes halogenated alkanes) is 1. The molecule has 3 nitrogen and oxygen atoms in total. The zero-order valence-corrected chi connectivity index (χ0v) is 10.6. The van der Waals surface area contributed by atoms with Crippen LogP contribution in [0, 0.1) is 0 Å². The fourth-order valence-corrected chi connectivity index (χ4v) is 2.73. The maximum Gasteiger partial charge on any atom is 0.241 e. The van der Waals surface area contributed by atoms with Gasteiger partial charge in [0, 0.05) is 6.54 Å². The summed E-state index contributed by atoms with van der Waals surface area (Å²) in [5.74, 6) is 0.227. The van der Waals surface area contributed by atoms with Gasteiger partial charge in [-0.1, -0.05) is 13.3 Å². The van der Waals surface area contributed by atoms with Crippen molar-refractivity contribution in [3.63, 3.8) is 0 Å². The number of nitrogens with zero attached hydrogens (tertiary/aromatic N) is 1. The van der Waals surface area contributed by atoms with Crippen molar-refractivity contribution < 1.29 is 4.79 Å². The zero-order valence-electron chi connectivity index (χ0n) is 9.77. The number of carbonyl (C=O) groups is 1. The lowest BCUT2D eigenvalue weighted by Crippen LogP contribution is -2.31. The molecular formula is C12H18N2OS. The van der Waals surface area contributed by atoms with Gasteiger partial charge in [0.2, 0.25) is 5.91 Å². The highest BCUT2D eigenvalue weighted by atomic mass is 32.1. The molecule has 88 valence electrons. The first-order chi connectivity index (χ1) is 7.74. The first-order valence-electron chi connectivity index (χ1n) is 5.82. The highest BCUT2D eigenvalue weighted by Gasteiger charge is 2.36. The summed E-state index contributed by atoms with van der Waals surface area (Å²) in [5.41, 5.74) is 1.21. The molecule has 1 fully saturated rings. The van der Waals surface area contributed by atoms with Crippen molar-refractivity contribution in [3.8, 4) is 0 Å². The molecular weight excluding hydrogens is 220 g/mol. The molecule has 0 saturated carbocycles. The molecule has 0 radical (unpaired) electrons. The third kappa shape index (κ3) is 2.13. The molecule has 1 N–H and O–H groups in total. The summed E-state index contributed by atoms with van der Waals surface area (Å²) in [6.07, 6.45) is 2.27. The lowest BCUT2D eigenvalue weighted by atomic mass is 10.2. The Bertz CT molecular complexity index is 350. The van der Waals surface area contributed by atoms with Crippen LogP contribution < -0.4 is 5.32 Å². The van der Waals surface area contributed by atoms with Gasteiger partial charge in [-0.2, -0.15) is 11.3 Å². The number of hydrogen-bond donors (Lipinski definition) is 1. The first kappa shape index (κ1) is 11.6. The van der Waals surface area contributed by atoms with E-state index in [0.717, 1.165) is 19.4 Å². The smallest absolute Gasteiger partial charge is 0.241 e. The molecule has 16 heavy (non-hydrogen) atoms. The molecule has 1 aliphatic rings. The lowest BCUT2D eigenvalue weighted by molar-refractivity contribution is -0.129. The predicted octanol–water partition coefficient (Wildman–Crippen LogP) is 2.37. The van der Waals surface area contributed by atoms with E-state index in [2.05, 4.69) is 29.1 Å². The maximum absolute atomic E-state index is 12.0. The van der Waals surface area contributed by atoms with Gasteiger partial charge in [-0.3, -0.25) is 10.1 Å². The molecule has 2 atom stereocenters. The van der Waals surface area contributed by atoms with Gasteiger partial charge in [-0.15, -0.1) is 0 Å². The maximum atomic E-state index is 12.0. The molecule has 1 amide bonds. The van der Waals surface area contributed by atoms with Gasteiger partial charge in [0.15, 0.2) is 0 Å². The van der Waals surface area contributed by atoms with E-state index in [9.17, 15) is 4.79 Å². The van der Waals surface area contributed by atoms with Crippen molar-refractivity contribution >= 4 is 17.2 Å². The summed E-state index contributed by atoms with van der Waals surface area (Å²) in [4.78, 5) is 14.0. The van der Waals surface area contributed by atoms with Crippen molar-refractivity contribution in [2.75, 3.05) is 6.54 Å². The molecule has 2 heterocycles. The van der Waals surface area contributed by atoms with E-state index in [1.165, 1.54) is 5.56 Å². The number of nitrogens with one attached hydrogen (secondary N) is 1. The molecule has 0 spiro atoms. The van der Waals surface area contributed by atoms with Crippen LogP contribution >= 0.6 is 11.3 Å². The second-order valence-corrected chi connectivity index (χ2v) is 5.01. The van der Waals surface area contributed by atoms with Crippen LogP contribution in [0.3, 0.4) is 0 Å². The van der Waals surface area contributed by atoms with E-state index in [1.807, 2.05) is 11.8 Å². The molecule has 1 aromatic rings. The lowest BCUT2D eigenvalue weighted by Gasteiger charge is -2.23. The van der Waals surface area contributed by atoms with E-state index in [4.69, 9.17) is 0 Å². The predicted molar refractivity (Wildman–Crippen MR) is 66.3 cm³/mol. The van der Waals surface area contributed by atoms with Crippen LogP contribution in [0.4, 0.5) is 0 Å². The topological polar surface area (TPSA) is 32.3 Å². The van der Waals surface area contributed by atoms with Crippen molar-refractivity contribution in [3.05, 3.63) is 22.4 Å². The van der Waals surface area contributed by atoms with Gasteiger partial charge >= 0.3 is 0 Å². The Morgan fingerprint density at radius 2 is 2.38 bits per heavy atom. The van der Waals surface area contributed by atoms with Crippen LogP contribution in [0.2, 0.25) is 0 Å². The molecule has 2 unspecified atom stereocenters. The summed E-state index contributed by atoms with van der Waals surface area (Å²) < 4.78 is 0. The quantitative estimate of drug-likeness (QED) is 0.873. The number of carbonyl (C=O) groups excluding carboxylic acids is 1. The van der Waals surface area contributed by atoms with Crippen LogP contribution in [0.5, 0.6) is 0 Å². The van der Waals surface area contributed by atoms with Crippen molar-refractivity contribution in [2.45, 2.75) is 38.9 Å². The largest absolute Gasteiger partial charge is 0.322 e. The van der Waals surface area contributed by atoms with E-state index in [1.54, 1.807) is 11.3 Å². The fraction of sp³-hybridized carbons (Fsp3) is 0.583. The fourth-order valence-electron chi connectivity index (χ4n) is 2.05. The number of thiophene rings is 1. The summed E-state index contributed by atoms with van der Waals surface area (Å²) in [5, 5.41) is 7.52. The third-order valence-electron chi connectivity index (χ3n) is 2.98. The minimum absolute atomic E-state index is 0.0539. The van der Waals surface area contributed by atoms with Crippen molar-refractivity contribution in [1.29, 1.82) is 0 Å². The Kier molecular flexibility index (Phi) is 3.61. The Morgan fingerprint density at radius 3 is 3.00 bits per heavy atom. The minimum atomic E-state index is -0.0539. The van der Waals surface area contributed by atoms with E-state index in [-0.39, 0.29) is 18.1 Å². The molecule has 2 rings (SSSR count). The van der Waals surface area contributed by atoms with Crippen LogP contribution in [-0.2, 0) is 4.79 Å². The number of amides is 1.